The van der Waals surface area contributed by atoms with Gasteiger partial charge >= 0.3 is 0 Å². The van der Waals surface area contributed by atoms with Crippen LogP contribution in [0.2, 0.25) is 0 Å². The molecule has 0 unspecified atom stereocenters. The average molecular weight is 287 g/mol. The molecule has 0 fully saturated rings. The molecular weight excluding hydrogens is 269 g/mol. The van der Waals surface area contributed by atoms with Crippen LogP contribution in [-0.4, -0.2) is 12.0 Å². The monoisotopic (exact) mass is 287 g/mol. The second-order valence-electron chi connectivity index (χ2n) is 5.00. The van der Waals surface area contributed by atoms with Crippen LogP contribution < -0.4 is 10.1 Å². The summed E-state index contributed by atoms with van der Waals surface area (Å²) in [6.07, 6.45) is 0.106. The number of ether oxygens (including phenoxy) is 1. The molecule has 0 spiro atoms. The van der Waals surface area contributed by atoms with E-state index in [1.807, 2.05) is 38.1 Å². The van der Waals surface area contributed by atoms with Crippen molar-refractivity contribution in [2.24, 2.45) is 0 Å². The minimum Gasteiger partial charge on any atom is -0.491 e. The third-order valence-electron chi connectivity index (χ3n) is 2.83. The molecule has 0 saturated carbocycles. The minimum atomic E-state index is -0.356. The first-order valence-electron chi connectivity index (χ1n) is 6.84. The molecule has 0 aliphatic rings. The summed E-state index contributed by atoms with van der Waals surface area (Å²) in [6, 6.07) is 13.0. The molecule has 0 radical (unpaired) electrons. The summed E-state index contributed by atoms with van der Waals surface area (Å²) in [5.41, 5.74) is 1.38. The second kappa shape index (κ2) is 6.88. The molecule has 2 aromatic carbocycles. The first kappa shape index (κ1) is 15.0. The van der Waals surface area contributed by atoms with Gasteiger partial charge in [-0.2, -0.15) is 0 Å². The van der Waals surface area contributed by atoms with Gasteiger partial charge in [-0.1, -0.05) is 12.1 Å². The molecule has 2 aromatic rings. The zero-order valence-corrected chi connectivity index (χ0v) is 12.1. The van der Waals surface area contributed by atoms with Crippen LogP contribution in [0.3, 0.4) is 0 Å². The van der Waals surface area contributed by atoms with Crippen LogP contribution in [0.4, 0.5) is 4.39 Å². The van der Waals surface area contributed by atoms with Crippen molar-refractivity contribution in [2.75, 3.05) is 0 Å². The number of rotatable bonds is 5. The quantitative estimate of drug-likeness (QED) is 0.913. The summed E-state index contributed by atoms with van der Waals surface area (Å²) in [5, 5.41) is 2.80. The van der Waals surface area contributed by atoms with Gasteiger partial charge in [0.1, 0.15) is 11.6 Å². The van der Waals surface area contributed by atoms with E-state index < -0.39 is 0 Å². The molecule has 1 N–H and O–H groups in total. The predicted molar refractivity (Wildman–Crippen MR) is 79.8 cm³/mol. The fourth-order valence-electron chi connectivity index (χ4n) is 1.89. The Morgan fingerprint density at radius 3 is 2.57 bits per heavy atom. The number of hydrogen-bond donors (Lipinski definition) is 1. The van der Waals surface area contributed by atoms with Crippen molar-refractivity contribution in [1.82, 2.24) is 5.32 Å². The van der Waals surface area contributed by atoms with E-state index in [2.05, 4.69) is 5.32 Å². The van der Waals surface area contributed by atoms with Crippen LogP contribution in [-0.2, 0) is 6.54 Å². The molecule has 0 bridgehead atoms. The van der Waals surface area contributed by atoms with Crippen molar-refractivity contribution in [1.29, 1.82) is 0 Å². The molecule has 0 atom stereocenters. The molecule has 21 heavy (non-hydrogen) atoms. The topological polar surface area (TPSA) is 38.3 Å². The van der Waals surface area contributed by atoms with Crippen molar-refractivity contribution < 1.29 is 13.9 Å². The van der Waals surface area contributed by atoms with E-state index >= 15 is 0 Å². The molecule has 0 aliphatic heterocycles. The van der Waals surface area contributed by atoms with Gasteiger partial charge in [0.05, 0.1) is 6.10 Å². The standard InChI is InChI=1S/C17H18FNO2/c1-12(2)21-16-5-3-4-13(10-16)11-19-17(20)14-6-8-15(18)9-7-14/h3-10,12H,11H2,1-2H3,(H,19,20). The molecule has 4 heteroatoms. The maximum absolute atomic E-state index is 12.8. The number of halogens is 1. The lowest BCUT2D eigenvalue weighted by atomic mass is 10.2. The Labute approximate surface area is 123 Å². The molecule has 0 saturated heterocycles. The summed E-state index contributed by atoms with van der Waals surface area (Å²) in [4.78, 5) is 11.9. The molecule has 0 heterocycles. The van der Waals surface area contributed by atoms with Gasteiger partial charge in [-0.05, 0) is 55.8 Å². The normalized spacial score (nSPS) is 10.5. The Hall–Kier alpha value is -2.36. The van der Waals surface area contributed by atoms with Gasteiger partial charge < -0.3 is 10.1 Å². The molecule has 1 amide bonds. The number of carbonyl (C=O) groups excluding carboxylic acids is 1. The number of benzene rings is 2. The van der Waals surface area contributed by atoms with Gasteiger partial charge in [0, 0.05) is 12.1 Å². The van der Waals surface area contributed by atoms with E-state index in [9.17, 15) is 9.18 Å². The van der Waals surface area contributed by atoms with Crippen LogP contribution in [0.5, 0.6) is 5.75 Å². The Morgan fingerprint density at radius 2 is 1.90 bits per heavy atom. The Morgan fingerprint density at radius 1 is 1.19 bits per heavy atom. The van der Waals surface area contributed by atoms with Crippen molar-refractivity contribution in [2.45, 2.75) is 26.5 Å². The van der Waals surface area contributed by atoms with Crippen molar-refractivity contribution >= 4 is 5.91 Å². The summed E-state index contributed by atoms with van der Waals surface area (Å²) >= 11 is 0. The maximum atomic E-state index is 12.8. The number of amides is 1. The van der Waals surface area contributed by atoms with Gasteiger partial charge in [0.2, 0.25) is 0 Å². The SMILES string of the molecule is CC(C)Oc1cccc(CNC(=O)c2ccc(F)cc2)c1. The van der Waals surface area contributed by atoms with E-state index in [1.165, 1.54) is 24.3 Å². The lowest BCUT2D eigenvalue weighted by Crippen LogP contribution is -2.22. The van der Waals surface area contributed by atoms with Crippen LogP contribution in [0.1, 0.15) is 29.8 Å². The third kappa shape index (κ3) is 4.60. The molecular formula is C17H18FNO2. The van der Waals surface area contributed by atoms with Gasteiger partial charge in [0.15, 0.2) is 0 Å². The largest absolute Gasteiger partial charge is 0.491 e. The van der Waals surface area contributed by atoms with Gasteiger partial charge in [0.25, 0.3) is 5.91 Å². The highest BCUT2D eigenvalue weighted by molar-refractivity contribution is 5.94. The number of hydrogen-bond acceptors (Lipinski definition) is 2. The van der Waals surface area contributed by atoms with Gasteiger partial charge in [-0.3, -0.25) is 4.79 Å². The molecule has 0 aliphatic carbocycles. The molecule has 110 valence electrons. The predicted octanol–water partition coefficient (Wildman–Crippen LogP) is 3.54. The van der Waals surface area contributed by atoms with E-state index in [0.717, 1.165) is 11.3 Å². The van der Waals surface area contributed by atoms with Crippen LogP contribution >= 0.6 is 0 Å². The van der Waals surface area contributed by atoms with E-state index in [0.29, 0.717) is 12.1 Å². The Balaban J connectivity index is 1.96. The van der Waals surface area contributed by atoms with Crippen LogP contribution in [0.25, 0.3) is 0 Å². The number of nitrogens with one attached hydrogen (secondary N) is 1. The molecule has 2 rings (SSSR count). The minimum absolute atomic E-state index is 0.106. The number of carbonyl (C=O) groups is 1. The van der Waals surface area contributed by atoms with Gasteiger partial charge in [-0.15, -0.1) is 0 Å². The van der Waals surface area contributed by atoms with Crippen molar-refractivity contribution in [3.63, 3.8) is 0 Å². The zero-order chi connectivity index (χ0) is 15.2. The zero-order valence-electron chi connectivity index (χ0n) is 12.1. The van der Waals surface area contributed by atoms with Crippen LogP contribution in [0.15, 0.2) is 48.5 Å². The fraction of sp³-hybridized carbons (Fsp3) is 0.235. The molecule has 3 nitrogen and oxygen atoms in total. The smallest absolute Gasteiger partial charge is 0.251 e. The Kier molecular flexibility index (Phi) is 4.93. The van der Waals surface area contributed by atoms with Gasteiger partial charge in [-0.25, -0.2) is 4.39 Å². The summed E-state index contributed by atoms with van der Waals surface area (Å²) < 4.78 is 18.4. The van der Waals surface area contributed by atoms with Crippen LogP contribution in [0, 0.1) is 5.82 Å². The Bertz CT molecular complexity index is 608. The second-order valence-corrected chi connectivity index (χ2v) is 5.00. The fourth-order valence-corrected chi connectivity index (χ4v) is 1.89. The van der Waals surface area contributed by atoms with E-state index in [-0.39, 0.29) is 17.8 Å². The van der Waals surface area contributed by atoms with Crippen molar-refractivity contribution in [3.8, 4) is 5.75 Å². The van der Waals surface area contributed by atoms with E-state index in [4.69, 9.17) is 4.74 Å². The average Bonchev–Trinajstić information content (AvgIpc) is 2.45. The molecule has 0 aromatic heterocycles. The first-order valence-corrected chi connectivity index (χ1v) is 6.84. The van der Waals surface area contributed by atoms with E-state index in [1.54, 1.807) is 0 Å². The van der Waals surface area contributed by atoms with Crippen molar-refractivity contribution in [3.05, 3.63) is 65.5 Å². The lowest BCUT2D eigenvalue weighted by Gasteiger charge is -2.11. The highest BCUT2D eigenvalue weighted by atomic mass is 19.1. The summed E-state index contributed by atoms with van der Waals surface area (Å²) in [6.45, 7) is 4.32. The lowest BCUT2D eigenvalue weighted by molar-refractivity contribution is 0.0950. The maximum Gasteiger partial charge on any atom is 0.251 e. The third-order valence-corrected chi connectivity index (χ3v) is 2.83. The first-order chi connectivity index (χ1) is 10.0. The summed E-state index contributed by atoms with van der Waals surface area (Å²) in [5.74, 6) is 0.189. The highest BCUT2D eigenvalue weighted by Crippen LogP contribution is 2.15. The highest BCUT2D eigenvalue weighted by Gasteiger charge is 2.06. The summed E-state index contributed by atoms with van der Waals surface area (Å²) in [7, 11) is 0.